The van der Waals surface area contributed by atoms with E-state index in [9.17, 15) is 4.79 Å². The normalized spacial score (nSPS) is 17.9. The Morgan fingerprint density at radius 3 is 2.62 bits per heavy atom. The number of hydrogen-bond acceptors (Lipinski definition) is 3. The molecule has 0 atom stereocenters. The van der Waals surface area contributed by atoms with Crippen LogP contribution >= 0.6 is 0 Å². The molecule has 26 heavy (non-hydrogen) atoms. The molecule has 1 aromatic heterocycles. The largest absolute Gasteiger partial charge is 0.381 e. The number of carbonyl (C=O) groups is 1. The topological polar surface area (TPSA) is 51.2 Å². The van der Waals surface area contributed by atoms with Crippen LogP contribution in [0.25, 0.3) is 11.1 Å². The van der Waals surface area contributed by atoms with Gasteiger partial charge >= 0.3 is 0 Å². The zero-order chi connectivity index (χ0) is 17.9. The lowest BCUT2D eigenvalue weighted by Crippen LogP contribution is -2.17. The van der Waals surface area contributed by atoms with E-state index in [1.165, 1.54) is 16.7 Å². The fourth-order valence-corrected chi connectivity index (χ4v) is 3.62. The number of rotatable bonds is 5. The SMILES string of the molecule is Cc1cc(-c2ccnc(NC(=O)C3CC3)c2)ccc1CC1CCOCC1. The van der Waals surface area contributed by atoms with E-state index in [4.69, 9.17) is 4.74 Å². The highest BCUT2D eigenvalue weighted by Crippen LogP contribution is 2.31. The fourth-order valence-electron chi connectivity index (χ4n) is 3.62. The lowest BCUT2D eigenvalue weighted by atomic mass is 9.89. The maximum atomic E-state index is 12.0. The van der Waals surface area contributed by atoms with Crippen molar-refractivity contribution in [3.05, 3.63) is 47.7 Å². The van der Waals surface area contributed by atoms with Crippen LogP contribution in [0.4, 0.5) is 5.82 Å². The number of nitrogens with one attached hydrogen (secondary N) is 1. The number of aryl methyl sites for hydroxylation is 1. The summed E-state index contributed by atoms with van der Waals surface area (Å²) in [5, 5.41) is 2.93. The second-order valence-corrected chi connectivity index (χ2v) is 7.59. The zero-order valence-corrected chi connectivity index (χ0v) is 15.3. The zero-order valence-electron chi connectivity index (χ0n) is 15.3. The van der Waals surface area contributed by atoms with Gasteiger partial charge in [0, 0.05) is 25.3 Å². The molecule has 1 aromatic carbocycles. The fraction of sp³-hybridized carbons (Fsp3) is 0.455. The van der Waals surface area contributed by atoms with Crippen LogP contribution in [-0.2, 0) is 16.0 Å². The molecule has 1 aliphatic carbocycles. The Balaban J connectivity index is 1.48. The van der Waals surface area contributed by atoms with Crippen molar-refractivity contribution in [3.8, 4) is 11.1 Å². The molecule has 4 heteroatoms. The molecule has 1 aliphatic heterocycles. The van der Waals surface area contributed by atoms with Crippen LogP contribution < -0.4 is 5.32 Å². The molecule has 2 aliphatic rings. The van der Waals surface area contributed by atoms with Gasteiger partial charge in [-0.25, -0.2) is 4.98 Å². The van der Waals surface area contributed by atoms with E-state index in [1.54, 1.807) is 6.20 Å². The van der Waals surface area contributed by atoms with Crippen molar-refractivity contribution in [2.24, 2.45) is 11.8 Å². The summed E-state index contributed by atoms with van der Waals surface area (Å²) in [5.74, 6) is 1.66. The van der Waals surface area contributed by atoms with Gasteiger partial charge in [0.25, 0.3) is 0 Å². The van der Waals surface area contributed by atoms with Crippen LogP contribution in [0.5, 0.6) is 0 Å². The summed E-state index contributed by atoms with van der Waals surface area (Å²) in [6, 6.07) is 10.6. The van der Waals surface area contributed by atoms with E-state index in [0.717, 1.165) is 56.8 Å². The monoisotopic (exact) mass is 350 g/mol. The van der Waals surface area contributed by atoms with E-state index in [2.05, 4.69) is 35.4 Å². The molecule has 136 valence electrons. The van der Waals surface area contributed by atoms with Crippen LogP contribution in [0.2, 0.25) is 0 Å². The first-order valence-electron chi connectivity index (χ1n) is 9.63. The Morgan fingerprint density at radius 2 is 1.88 bits per heavy atom. The highest BCUT2D eigenvalue weighted by Gasteiger charge is 2.29. The van der Waals surface area contributed by atoms with Gasteiger partial charge < -0.3 is 10.1 Å². The van der Waals surface area contributed by atoms with Crippen molar-refractivity contribution in [1.82, 2.24) is 4.98 Å². The number of nitrogens with zero attached hydrogens (tertiary/aromatic N) is 1. The Hall–Kier alpha value is -2.20. The van der Waals surface area contributed by atoms with Crippen LogP contribution in [0.1, 0.15) is 36.8 Å². The van der Waals surface area contributed by atoms with Gasteiger partial charge in [-0.3, -0.25) is 4.79 Å². The molecule has 2 heterocycles. The smallest absolute Gasteiger partial charge is 0.228 e. The lowest BCUT2D eigenvalue weighted by molar-refractivity contribution is -0.117. The molecule has 1 amide bonds. The second-order valence-electron chi connectivity index (χ2n) is 7.59. The molecule has 1 saturated carbocycles. The Labute approximate surface area is 155 Å². The summed E-state index contributed by atoms with van der Waals surface area (Å²) in [6.45, 7) is 3.98. The number of ether oxygens (including phenoxy) is 1. The van der Waals surface area contributed by atoms with Crippen molar-refractivity contribution < 1.29 is 9.53 Å². The van der Waals surface area contributed by atoms with Crippen LogP contribution in [0.3, 0.4) is 0 Å². The third-order valence-electron chi connectivity index (χ3n) is 5.48. The average Bonchev–Trinajstić information content (AvgIpc) is 3.50. The summed E-state index contributed by atoms with van der Waals surface area (Å²) in [6.07, 6.45) is 7.22. The quantitative estimate of drug-likeness (QED) is 0.871. The Bertz CT molecular complexity index is 792. The summed E-state index contributed by atoms with van der Waals surface area (Å²) in [4.78, 5) is 16.2. The second kappa shape index (κ2) is 7.58. The molecule has 0 unspecified atom stereocenters. The van der Waals surface area contributed by atoms with Crippen LogP contribution in [0.15, 0.2) is 36.5 Å². The minimum atomic E-state index is 0.0950. The van der Waals surface area contributed by atoms with E-state index in [1.807, 2.05) is 12.1 Å². The van der Waals surface area contributed by atoms with Crippen molar-refractivity contribution in [1.29, 1.82) is 0 Å². The predicted molar refractivity (Wildman–Crippen MR) is 103 cm³/mol. The minimum absolute atomic E-state index is 0.0950. The maximum Gasteiger partial charge on any atom is 0.228 e. The molecule has 1 N–H and O–H groups in total. The number of benzene rings is 1. The summed E-state index contributed by atoms with van der Waals surface area (Å²) in [7, 11) is 0. The molecule has 2 fully saturated rings. The molecule has 1 saturated heterocycles. The van der Waals surface area contributed by atoms with E-state index in [-0.39, 0.29) is 11.8 Å². The van der Waals surface area contributed by atoms with Crippen LogP contribution in [0, 0.1) is 18.8 Å². The van der Waals surface area contributed by atoms with Crippen molar-refractivity contribution in [3.63, 3.8) is 0 Å². The first-order chi connectivity index (χ1) is 12.7. The van der Waals surface area contributed by atoms with Gasteiger partial charge in [-0.05, 0) is 79.3 Å². The molecular weight excluding hydrogens is 324 g/mol. The van der Waals surface area contributed by atoms with Gasteiger partial charge in [-0.1, -0.05) is 18.2 Å². The van der Waals surface area contributed by atoms with Crippen molar-refractivity contribution in [2.45, 2.75) is 39.0 Å². The molecule has 4 rings (SSSR count). The Kier molecular flexibility index (Phi) is 5.02. The van der Waals surface area contributed by atoms with E-state index < -0.39 is 0 Å². The Morgan fingerprint density at radius 1 is 1.12 bits per heavy atom. The van der Waals surface area contributed by atoms with Gasteiger partial charge in [0.1, 0.15) is 5.82 Å². The standard InChI is InChI=1S/C22H26N2O2/c1-15-12-19(5-4-18(15)13-16-7-10-26-11-8-16)20-6-9-23-21(14-20)24-22(25)17-2-3-17/h4-6,9,12,14,16-17H,2-3,7-8,10-11,13H2,1H3,(H,23,24,25). The van der Waals surface area contributed by atoms with Gasteiger partial charge in [0.2, 0.25) is 5.91 Å². The predicted octanol–water partition coefficient (Wildman–Crippen LogP) is 4.37. The molecular formula is C22H26N2O2. The lowest BCUT2D eigenvalue weighted by Gasteiger charge is -2.23. The highest BCUT2D eigenvalue weighted by molar-refractivity contribution is 5.93. The third-order valence-corrected chi connectivity index (χ3v) is 5.48. The first kappa shape index (κ1) is 17.2. The van der Waals surface area contributed by atoms with Gasteiger partial charge in [-0.2, -0.15) is 0 Å². The van der Waals surface area contributed by atoms with E-state index >= 15 is 0 Å². The van der Waals surface area contributed by atoms with Crippen molar-refractivity contribution >= 4 is 11.7 Å². The van der Waals surface area contributed by atoms with Crippen molar-refractivity contribution in [2.75, 3.05) is 18.5 Å². The van der Waals surface area contributed by atoms with Gasteiger partial charge in [-0.15, -0.1) is 0 Å². The number of pyridine rings is 1. The molecule has 0 spiro atoms. The maximum absolute atomic E-state index is 12.0. The van der Waals surface area contributed by atoms with Gasteiger partial charge in [0.15, 0.2) is 0 Å². The number of carbonyl (C=O) groups excluding carboxylic acids is 1. The third kappa shape index (κ3) is 4.13. The summed E-state index contributed by atoms with van der Waals surface area (Å²) in [5.41, 5.74) is 5.01. The molecule has 4 nitrogen and oxygen atoms in total. The number of aromatic nitrogens is 1. The molecule has 0 bridgehead atoms. The van der Waals surface area contributed by atoms with E-state index in [0.29, 0.717) is 5.82 Å². The number of amides is 1. The molecule has 0 radical (unpaired) electrons. The van der Waals surface area contributed by atoms with Gasteiger partial charge in [0.05, 0.1) is 0 Å². The number of hydrogen-bond donors (Lipinski definition) is 1. The van der Waals surface area contributed by atoms with Crippen LogP contribution in [-0.4, -0.2) is 24.1 Å². The molecule has 2 aromatic rings. The summed E-state index contributed by atoms with van der Waals surface area (Å²) >= 11 is 0. The highest BCUT2D eigenvalue weighted by atomic mass is 16.5. The first-order valence-corrected chi connectivity index (χ1v) is 9.63. The number of anilines is 1. The minimum Gasteiger partial charge on any atom is -0.381 e. The average molecular weight is 350 g/mol. The summed E-state index contributed by atoms with van der Waals surface area (Å²) < 4.78 is 5.47.